The lowest BCUT2D eigenvalue weighted by Gasteiger charge is -2.40. The summed E-state index contributed by atoms with van der Waals surface area (Å²) in [6.07, 6.45) is 75.5. The fourth-order valence-electron chi connectivity index (χ4n) is 12.1. The van der Waals surface area contributed by atoms with Gasteiger partial charge in [0.25, 0.3) is 0 Å². The van der Waals surface area contributed by atoms with Crippen LogP contribution in [0.1, 0.15) is 380 Å². The molecule has 82 heavy (non-hydrogen) atoms. The van der Waals surface area contributed by atoms with E-state index in [1.165, 1.54) is 308 Å². The lowest BCUT2D eigenvalue weighted by atomic mass is 9.99. The normalized spacial score (nSPS) is 18.4. The highest BCUT2D eigenvalue weighted by molar-refractivity contribution is 5.76. The van der Waals surface area contributed by atoms with Gasteiger partial charge in [0.15, 0.2) is 6.29 Å². The molecule has 0 aromatic carbocycles. The molecule has 1 fully saturated rings. The summed E-state index contributed by atoms with van der Waals surface area (Å²) in [5.41, 5.74) is 0. The van der Waals surface area contributed by atoms with Gasteiger partial charge in [-0.2, -0.15) is 0 Å². The Balaban J connectivity index is 2.03. The molecule has 1 heterocycles. The smallest absolute Gasteiger partial charge is 0.220 e. The molecule has 7 atom stereocenters. The minimum Gasteiger partial charge on any atom is -0.394 e. The average Bonchev–Trinajstić information content (AvgIpc) is 3.52. The Labute approximate surface area is 509 Å². The van der Waals surface area contributed by atoms with Crippen molar-refractivity contribution in [3.63, 3.8) is 0 Å². The molecule has 486 valence electrons. The molecule has 7 unspecified atom stereocenters. The maximum absolute atomic E-state index is 13.1. The van der Waals surface area contributed by atoms with Crippen molar-refractivity contribution in [2.75, 3.05) is 13.2 Å². The summed E-state index contributed by atoms with van der Waals surface area (Å²) < 4.78 is 11.4. The summed E-state index contributed by atoms with van der Waals surface area (Å²) in [5, 5.41) is 54.9. The molecule has 0 aliphatic carbocycles. The van der Waals surface area contributed by atoms with Crippen molar-refractivity contribution in [3.8, 4) is 0 Å². The van der Waals surface area contributed by atoms with Crippen LogP contribution in [0.25, 0.3) is 0 Å². The number of nitrogens with one attached hydrogen (secondary N) is 1. The Bertz CT molecular complexity index is 1340. The first kappa shape index (κ1) is 78.7. The van der Waals surface area contributed by atoms with E-state index in [1.54, 1.807) is 0 Å². The Morgan fingerprint density at radius 3 is 1.05 bits per heavy atom. The van der Waals surface area contributed by atoms with Crippen LogP contribution in [0.15, 0.2) is 24.3 Å². The number of aliphatic hydroxyl groups excluding tert-OH is 5. The molecule has 9 heteroatoms. The molecule has 1 saturated heterocycles. The summed E-state index contributed by atoms with van der Waals surface area (Å²) in [6, 6.07) is -0.717. The van der Waals surface area contributed by atoms with Gasteiger partial charge in [-0.25, -0.2) is 0 Å². The largest absolute Gasteiger partial charge is 0.394 e. The number of ether oxygens (including phenoxy) is 2. The number of hydrogen-bond donors (Lipinski definition) is 6. The number of carbonyl (C=O) groups excluding carboxylic acids is 1. The summed E-state index contributed by atoms with van der Waals surface area (Å²) in [4.78, 5) is 13.1. The molecule has 1 rings (SSSR count). The number of aliphatic hydroxyl groups is 5. The van der Waals surface area contributed by atoms with E-state index >= 15 is 0 Å². The second-order valence-corrected chi connectivity index (χ2v) is 25.7. The first-order chi connectivity index (χ1) is 40.3. The van der Waals surface area contributed by atoms with Crippen LogP contribution in [0.5, 0.6) is 0 Å². The van der Waals surface area contributed by atoms with Crippen LogP contribution < -0.4 is 5.32 Å². The van der Waals surface area contributed by atoms with Gasteiger partial charge in [0.2, 0.25) is 5.91 Å². The maximum atomic E-state index is 13.1. The van der Waals surface area contributed by atoms with Gasteiger partial charge >= 0.3 is 0 Å². The first-order valence-corrected chi connectivity index (χ1v) is 36.5. The van der Waals surface area contributed by atoms with E-state index in [4.69, 9.17) is 9.47 Å². The minimum atomic E-state index is -1.55. The molecule has 9 nitrogen and oxygen atoms in total. The van der Waals surface area contributed by atoms with Crippen LogP contribution in [0.4, 0.5) is 0 Å². The lowest BCUT2D eigenvalue weighted by Crippen LogP contribution is -2.60. The first-order valence-electron chi connectivity index (χ1n) is 36.5. The molecule has 1 aliphatic heterocycles. The van der Waals surface area contributed by atoms with E-state index in [-0.39, 0.29) is 12.5 Å². The molecule has 0 bridgehead atoms. The van der Waals surface area contributed by atoms with Crippen LogP contribution in [0.2, 0.25) is 0 Å². The zero-order valence-corrected chi connectivity index (χ0v) is 54.5. The van der Waals surface area contributed by atoms with Crippen molar-refractivity contribution in [2.24, 2.45) is 0 Å². The van der Waals surface area contributed by atoms with Crippen LogP contribution in [-0.4, -0.2) is 87.5 Å². The van der Waals surface area contributed by atoms with Crippen molar-refractivity contribution in [3.05, 3.63) is 24.3 Å². The van der Waals surface area contributed by atoms with Gasteiger partial charge in [-0.3, -0.25) is 4.79 Å². The van der Waals surface area contributed by atoms with Gasteiger partial charge in [-0.15, -0.1) is 0 Å². The number of hydrogen-bond acceptors (Lipinski definition) is 8. The number of amides is 1. The number of allylic oxidation sites excluding steroid dienone is 4. The molecule has 6 N–H and O–H groups in total. The summed E-state index contributed by atoms with van der Waals surface area (Å²) in [7, 11) is 0. The molecule has 0 saturated carbocycles. The molecule has 0 aromatic rings. The summed E-state index contributed by atoms with van der Waals surface area (Å²) in [6.45, 7) is 3.88. The van der Waals surface area contributed by atoms with E-state index in [1.807, 2.05) is 0 Å². The fourth-order valence-corrected chi connectivity index (χ4v) is 12.1. The van der Waals surface area contributed by atoms with Crippen molar-refractivity contribution in [1.29, 1.82) is 0 Å². The van der Waals surface area contributed by atoms with E-state index in [0.29, 0.717) is 12.8 Å². The zero-order chi connectivity index (χ0) is 59.3. The highest BCUT2D eigenvalue weighted by Gasteiger charge is 2.44. The van der Waals surface area contributed by atoms with Crippen molar-refractivity contribution < 1.29 is 39.8 Å². The standard InChI is InChI=1S/C73H141NO8/c1-3-5-7-9-11-13-15-17-19-21-23-25-26-27-28-29-30-31-32-33-34-35-36-37-38-39-40-41-42-43-45-47-49-51-53-55-57-59-61-63-69(77)74-66(65-81-73-72(80)71(79)70(78)68(64-75)82-73)67(76)62-60-58-56-54-52-50-48-46-44-24-22-20-18-16-14-12-10-8-6-4-2/h15,17,21,23,66-68,70-73,75-76,78-80H,3-14,16,18-20,22,24-65H2,1-2H3,(H,74,77)/b17-15-,23-21-. The summed E-state index contributed by atoms with van der Waals surface area (Å²) >= 11 is 0. The maximum Gasteiger partial charge on any atom is 0.220 e. The second-order valence-electron chi connectivity index (χ2n) is 25.7. The molecule has 0 radical (unpaired) electrons. The number of unbranched alkanes of at least 4 members (excludes halogenated alkanes) is 51. The average molecular weight is 1160 g/mol. The highest BCUT2D eigenvalue weighted by atomic mass is 16.7. The SMILES string of the molecule is CCCCCCC/C=C\C/C=C\CCCCCCCCCCCCCCCCCCCCCCCCCCCCCC(=O)NC(COC1OC(CO)C(O)C(O)C1O)C(O)CCCCCCCCCCCCCCCCCCCCCC. The van der Waals surface area contributed by atoms with E-state index < -0.39 is 49.5 Å². The molecule has 0 aromatic heterocycles. The molecule has 0 spiro atoms. The van der Waals surface area contributed by atoms with Crippen LogP contribution in [0.3, 0.4) is 0 Å². The third-order valence-electron chi connectivity index (χ3n) is 17.8. The van der Waals surface area contributed by atoms with E-state index in [9.17, 15) is 30.3 Å². The summed E-state index contributed by atoms with van der Waals surface area (Å²) in [5.74, 6) is -0.135. The van der Waals surface area contributed by atoms with Crippen molar-refractivity contribution in [1.82, 2.24) is 5.32 Å². The molecular weight excluding hydrogens is 1020 g/mol. The molecule has 1 aliphatic rings. The third-order valence-corrected chi connectivity index (χ3v) is 17.8. The predicted molar refractivity (Wildman–Crippen MR) is 350 cm³/mol. The second kappa shape index (κ2) is 62.7. The van der Waals surface area contributed by atoms with Crippen LogP contribution >= 0.6 is 0 Å². The Kier molecular flexibility index (Phi) is 60.2. The zero-order valence-electron chi connectivity index (χ0n) is 54.5. The van der Waals surface area contributed by atoms with Gasteiger partial charge < -0.3 is 40.3 Å². The van der Waals surface area contributed by atoms with Crippen LogP contribution in [-0.2, 0) is 14.3 Å². The third kappa shape index (κ3) is 50.8. The van der Waals surface area contributed by atoms with Gasteiger partial charge in [-0.1, -0.05) is 353 Å². The monoisotopic (exact) mass is 1160 g/mol. The quantitative estimate of drug-likeness (QED) is 0.0261. The van der Waals surface area contributed by atoms with Gasteiger partial charge in [0.05, 0.1) is 25.4 Å². The molecular formula is C73H141NO8. The van der Waals surface area contributed by atoms with E-state index in [2.05, 4.69) is 43.5 Å². The number of carbonyl (C=O) groups is 1. The van der Waals surface area contributed by atoms with Crippen molar-refractivity contribution in [2.45, 2.75) is 423 Å². The van der Waals surface area contributed by atoms with Crippen LogP contribution in [0, 0.1) is 0 Å². The minimum absolute atomic E-state index is 0.132. The van der Waals surface area contributed by atoms with Crippen molar-refractivity contribution >= 4 is 5.91 Å². The Morgan fingerprint density at radius 2 is 0.720 bits per heavy atom. The van der Waals surface area contributed by atoms with Gasteiger partial charge in [-0.05, 0) is 44.9 Å². The fraction of sp³-hybridized carbons (Fsp3) is 0.932. The topological polar surface area (TPSA) is 149 Å². The molecule has 1 amide bonds. The Morgan fingerprint density at radius 1 is 0.415 bits per heavy atom. The van der Waals surface area contributed by atoms with Gasteiger partial charge in [0.1, 0.15) is 24.4 Å². The number of rotatable bonds is 65. The predicted octanol–water partition coefficient (Wildman–Crippen LogP) is 20.0. The highest BCUT2D eigenvalue weighted by Crippen LogP contribution is 2.24. The lowest BCUT2D eigenvalue weighted by molar-refractivity contribution is -0.302. The van der Waals surface area contributed by atoms with Gasteiger partial charge in [0, 0.05) is 6.42 Å². The van der Waals surface area contributed by atoms with E-state index in [0.717, 1.165) is 44.9 Å². The Hall–Kier alpha value is -1.33.